The molecule has 31 heavy (non-hydrogen) atoms. The van der Waals surface area contributed by atoms with Gasteiger partial charge in [0.25, 0.3) is 0 Å². The van der Waals surface area contributed by atoms with Gasteiger partial charge in [0.15, 0.2) is 0 Å². The van der Waals surface area contributed by atoms with Gasteiger partial charge in [-0.3, -0.25) is 9.59 Å². The number of rotatable bonds is 9. The average molecular weight is 422 g/mol. The van der Waals surface area contributed by atoms with E-state index in [0.29, 0.717) is 24.7 Å². The van der Waals surface area contributed by atoms with E-state index >= 15 is 0 Å². The Labute approximate surface area is 181 Å². The summed E-state index contributed by atoms with van der Waals surface area (Å²) in [4.78, 5) is 28.3. The molecule has 0 fully saturated rings. The van der Waals surface area contributed by atoms with Crippen molar-refractivity contribution in [3.63, 3.8) is 0 Å². The number of hydrogen-bond acceptors (Lipinski definition) is 6. The van der Waals surface area contributed by atoms with Crippen LogP contribution in [0.3, 0.4) is 0 Å². The van der Waals surface area contributed by atoms with Gasteiger partial charge in [-0.15, -0.1) is 0 Å². The predicted octanol–water partition coefficient (Wildman–Crippen LogP) is 3.48. The fraction of sp³-hybridized carbons (Fsp3) is 0.292. The van der Waals surface area contributed by atoms with E-state index in [2.05, 4.69) is 4.98 Å². The molecule has 7 nitrogen and oxygen atoms in total. The van der Waals surface area contributed by atoms with E-state index in [1.54, 1.807) is 24.3 Å². The predicted molar refractivity (Wildman–Crippen MR) is 115 cm³/mol. The first-order valence-electron chi connectivity index (χ1n) is 9.95. The quantitative estimate of drug-likeness (QED) is 0.418. The van der Waals surface area contributed by atoms with Gasteiger partial charge in [-0.2, -0.15) is 0 Å². The summed E-state index contributed by atoms with van der Waals surface area (Å²) in [5, 5.41) is 0. The SMILES string of the molecule is COC(=O)C(C)(Cc1ccc(OCCc2nc(-c3ccccc3)oc2C)cc1)C(N)=O. The summed E-state index contributed by atoms with van der Waals surface area (Å²) in [7, 11) is 1.24. The van der Waals surface area contributed by atoms with Gasteiger partial charge in [0, 0.05) is 12.0 Å². The monoisotopic (exact) mass is 422 g/mol. The standard InChI is InChI=1S/C24H26N2O5/c1-16-20(26-21(31-16)18-7-5-4-6-8-18)13-14-30-19-11-9-17(10-12-19)15-24(2,22(25)27)23(28)29-3/h4-12H,13-15H2,1-3H3,(H2,25,27). The molecule has 1 heterocycles. The average Bonchev–Trinajstić information content (AvgIpc) is 3.15. The largest absolute Gasteiger partial charge is 0.493 e. The number of carbonyl (C=O) groups excluding carboxylic acids is 2. The van der Waals surface area contributed by atoms with Gasteiger partial charge in [-0.1, -0.05) is 30.3 Å². The Morgan fingerprint density at radius 1 is 1.10 bits per heavy atom. The Morgan fingerprint density at radius 3 is 2.39 bits per heavy atom. The van der Waals surface area contributed by atoms with Crippen molar-refractivity contribution in [2.75, 3.05) is 13.7 Å². The number of nitrogens with zero attached hydrogens (tertiary/aromatic N) is 1. The first kappa shape index (κ1) is 22.1. The fourth-order valence-electron chi connectivity index (χ4n) is 3.23. The minimum Gasteiger partial charge on any atom is -0.493 e. The molecule has 0 saturated carbocycles. The van der Waals surface area contributed by atoms with Crippen LogP contribution in [-0.2, 0) is 27.2 Å². The minimum atomic E-state index is -1.42. The maximum absolute atomic E-state index is 12.0. The molecule has 2 N–H and O–H groups in total. The highest BCUT2D eigenvalue weighted by atomic mass is 16.5. The van der Waals surface area contributed by atoms with Crippen molar-refractivity contribution in [2.24, 2.45) is 11.1 Å². The highest BCUT2D eigenvalue weighted by molar-refractivity contribution is 6.01. The maximum atomic E-state index is 12.0. The smallest absolute Gasteiger partial charge is 0.321 e. The summed E-state index contributed by atoms with van der Waals surface area (Å²) in [6.45, 7) is 3.80. The van der Waals surface area contributed by atoms with Crippen molar-refractivity contribution < 1.29 is 23.5 Å². The zero-order valence-corrected chi connectivity index (χ0v) is 17.9. The van der Waals surface area contributed by atoms with Crippen LogP contribution in [0.1, 0.15) is 23.9 Å². The zero-order valence-electron chi connectivity index (χ0n) is 17.9. The molecule has 0 bridgehead atoms. The highest BCUT2D eigenvalue weighted by Crippen LogP contribution is 2.26. The molecule has 162 valence electrons. The molecule has 0 aliphatic carbocycles. The summed E-state index contributed by atoms with van der Waals surface area (Å²) < 4.78 is 16.3. The lowest BCUT2D eigenvalue weighted by molar-refractivity contribution is -0.156. The third-order valence-electron chi connectivity index (χ3n) is 5.18. The van der Waals surface area contributed by atoms with Crippen LogP contribution in [0.15, 0.2) is 59.0 Å². The molecular formula is C24H26N2O5. The van der Waals surface area contributed by atoms with Crippen LogP contribution in [0.2, 0.25) is 0 Å². The number of aryl methyl sites for hydroxylation is 1. The van der Waals surface area contributed by atoms with Crippen molar-refractivity contribution in [3.8, 4) is 17.2 Å². The summed E-state index contributed by atoms with van der Waals surface area (Å²) in [5.74, 6) is 0.662. The second kappa shape index (κ2) is 9.47. The molecule has 0 saturated heterocycles. The molecule has 0 radical (unpaired) electrons. The summed E-state index contributed by atoms with van der Waals surface area (Å²) in [5.41, 5.74) is 6.56. The van der Waals surface area contributed by atoms with Gasteiger partial charge < -0.3 is 19.6 Å². The summed E-state index contributed by atoms with van der Waals surface area (Å²) >= 11 is 0. The second-order valence-corrected chi connectivity index (χ2v) is 7.50. The van der Waals surface area contributed by atoms with Crippen LogP contribution in [0.25, 0.3) is 11.5 Å². The molecular weight excluding hydrogens is 396 g/mol. The van der Waals surface area contributed by atoms with Crippen LogP contribution < -0.4 is 10.5 Å². The second-order valence-electron chi connectivity index (χ2n) is 7.50. The van der Waals surface area contributed by atoms with Crippen molar-refractivity contribution in [2.45, 2.75) is 26.7 Å². The van der Waals surface area contributed by atoms with Crippen LogP contribution in [0, 0.1) is 12.3 Å². The Bertz CT molecular complexity index is 1040. The molecule has 0 aliphatic heterocycles. The Morgan fingerprint density at radius 2 is 1.77 bits per heavy atom. The van der Waals surface area contributed by atoms with Crippen molar-refractivity contribution in [1.82, 2.24) is 4.98 Å². The van der Waals surface area contributed by atoms with Crippen molar-refractivity contribution in [3.05, 3.63) is 71.6 Å². The van der Waals surface area contributed by atoms with Crippen molar-refractivity contribution >= 4 is 11.9 Å². The number of ether oxygens (including phenoxy) is 2. The van der Waals surface area contributed by atoms with E-state index in [1.807, 2.05) is 37.3 Å². The van der Waals surface area contributed by atoms with Gasteiger partial charge in [-0.05, 0) is 50.1 Å². The van der Waals surface area contributed by atoms with E-state index in [-0.39, 0.29) is 6.42 Å². The van der Waals surface area contributed by atoms with E-state index in [9.17, 15) is 9.59 Å². The Hall–Kier alpha value is -3.61. The van der Waals surface area contributed by atoms with Gasteiger partial charge >= 0.3 is 5.97 Å². The van der Waals surface area contributed by atoms with E-state index < -0.39 is 17.3 Å². The van der Waals surface area contributed by atoms with Gasteiger partial charge in [-0.25, -0.2) is 4.98 Å². The Kier molecular flexibility index (Phi) is 6.74. The Balaban J connectivity index is 1.58. The number of hydrogen-bond donors (Lipinski definition) is 1. The van der Waals surface area contributed by atoms with Crippen molar-refractivity contribution in [1.29, 1.82) is 0 Å². The highest BCUT2D eigenvalue weighted by Gasteiger charge is 2.40. The number of oxazole rings is 1. The number of methoxy groups -OCH3 is 1. The van der Waals surface area contributed by atoms with Gasteiger partial charge in [0.1, 0.15) is 16.9 Å². The third-order valence-corrected chi connectivity index (χ3v) is 5.18. The third kappa shape index (κ3) is 5.12. The van der Waals surface area contributed by atoms with Gasteiger partial charge in [0.05, 0.1) is 19.4 Å². The minimum absolute atomic E-state index is 0.148. The molecule has 0 spiro atoms. The zero-order chi connectivity index (χ0) is 22.4. The van der Waals surface area contributed by atoms with Crippen LogP contribution in [0.4, 0.5) is 0 Å². The molecule has 2 aromatic carbocycles. The first-order valence-corrected chi connectivity index (χ1v) is 9.95. The molecule has 3 aromatic rings. The first-order chi connectivity index (χ1) is 14.8. The lowest BCUT2D eigenvalue weighted by atomic mass is 9.83. The molecule has 1 unspecified atom stereocenters. The molecule has 7 heteroatoms. The molecule has 1 atom stereocenters. The molecule has 1 amide bonds. The summed E-state index contributed by atoms with van der Waals surface area (Å²) in [6.07, 6.45) is 0.752. The van der Waals surface area contributed by atoms with E-state index in [0.717, 1.165) is 22.6 Å². The maximum Gasteiger partial charge on any atom is 0.321 e. The number of primary amides is 1. The number of esters is 1. The lowest BCUT2D eigenvalue weighted by Crippen LogP contribution is -2.43. The van der Waals surface area contributed by atoms with Gasteiger partial charge in [0.2, 0.25) is 11.8 Å². The number of aromatic nitrogens is 1. The van der Waals surface area contributed by atoms with Crippen LogP contribution in [-0.4, -0.2) is 30.6 Å². The molecule has 3 rings (SSSR count). The summed E-state index contributed by atoms with van der Waals surface area (Å²) in [6, 6.07) is 16.9. The topological polar surface area (TPSA) is 105 Å². The number of benzene rings is 2. The molecule has 0 aliphatic rings. The lowest BCUT2D eigenvalue weighted by Gasteiger charge is -2.23. The van der Waals surface area contributed by atoms with Crippen LogP contribution >= 0.6 is 0 Å². The van der Waals surface area contributed by atoms with E-state index in [1.165, 1.54) is 14.0 Å². The molecule has 1 aromatic heterocycles. The fourth-order valence-corrected chi connectivity index (χ4v) is 3.23. The van der Waals surface area contributed by atoms with E-state index in [4.69, 9.17) is 19.6 Å². The normalized spacial score (nSPS) is 12.7. The van der Waals surface area contributed by atoms with Crippen LogP contribution in [0.5, 0.6) is 5.75 Å². The number of carbonyl (C=O) groups is 2. The number of amides is 1. The number of nitrogens with two attached hydrogens (primary N) is 1.